The third kappa shape index (κ3) is 4.03. The number of carbonyl (C=O) groups excluding carboxylic acids is 1. The number of methoxy groups -OCH3 is 1. The number of ether oxygens (including phenoxy) is 1. The maximum absolute atomic E-state index is 13.7. The average Bonchev–Trinajstić information content (AvgIpc) is 2.36. The second-order valence-corrected chi connectivity index (χ2v) is 5.97. The van der Waals surface area contributed by atoms with Gasteiger partial charge in [0.25, 0.3) is 0 Å². The van der Waals surface area contributed by atoms with E-state index in [1.54, 1.807) is 6.92 Å². The Morgan fingerprint density at radius 1 is 1.50 bits per heavy atom. The van der Waals surface area contributed by atoms with Gasteiger partial charge in [-0.2, -0.15) is 4.98 Å². The van der Waals surface area contributed by atoms with Crippen molar-refractivity contribution in [3.05, 3.63) is 17.3 Å². The van der Waals surface area contributed by atoms with E-state index >= 15 is 0 Å². The van der Waals surface area contributed by atoms with Crippen molar-refractivity contribution in [2.75, 3.05) is 12.4 Å². The Balaban J connectivity index is 3.08. The molecule has 0 aliphatic carbocycles. The van der Waals surface area contributed by atoms with Crippen LogP contribution in [0.3, 0.4) is 0 Å². The van der Waals surface area contributed by atoms with Crippen LogP contribution in [0.4, 0.5) is 10.2 Å². The van der Waals surface area contributed by atoms with Crippen LogP contribution in [0.25, 0.3) is 0 Å². The molecule has 0 aliphatic heterocycles. The van der Waals surface area contributed by atoms with Gasteiger partial charge in [0.15, 0.2) is 11.6 Å². The molecular formula is C13H19ClFN3O2. The Kier molecular flexibility index (Phi) is 5.28. The van der Waals surface area contributed by atoms with E-state index in [0.717, 1.165) is 6.20 Å². The van der Waals surface area contributed by atoms with E-state index in [0.29, 0.717) is 0 Å². The molecule has 2 atom stereocenters. The van der Waals surface area contributed by atoms with E-state index in [9.17, 15) is 9.18 Å². The zero-order chi connectivity index (χ0) is 15.5. The van der Waals surface area contributed by atoms with Gasteiger partial charge in [-0.05, 0) is 23.9 Å². The molecule has 1 heterocycles. The molecule has 0 radical (unpaired) electrons. The molecule has 112 valence electrons. The third-order valence-electron chi connectivity index (χ3n) is 3.01. The molecule has 0 amide bonds. The molecule has 0 saturated carbocycles. The monoisotopic (exact) mass is 303 g/mol. The van der Waals surface area contributed by atoms with Crippen LogP contribution in [0.1, 0.15) is 27.7 Å². The molecule has 7 heteroatoms. The van der Waals surface area contributed by atoms with Gasteiger partial charge in [-0.15, -0.1) is 0 Å². The Bertz CT molecular complexity index is 491. The van der Waals surface area contributed by atoms with Crippen molar-refractivity contribution in [1.82, 2.24) is 9.97 Å². The number of aromatic nitrogens is 2. The van der Waals surface area contributed by atoms with Crippen LogP contribution in [0, 0.1) is 17.2 Å². The van der Waals surface area contributed by atoms with Crippen molar-refractivity contribution in [2.24, 2.45) is 11.3 Å². The largest absolute Gasteiger partial charge is 0.469 e. The smallest absolute Gasteiger partial charge is 0.310 e. The minimum Gasteiger partial charge on any atom is -0.469 e. The lowest BCUT2D eigenvalue weighted by Gasteiger charge is -2.35. The highest BCUT2D eigenvalue weighted by molar-refractivity contribution is 6.28. The summed E-state index contributed by atoms with van der Waals surface area (Å²) in [5, 5.41) is 2.87. The molecule has 0 aromatic carbocycles. The van der Waals surface area contributed by atoms with Crippen molar-refractivity contribution in [1.29, 1.82) is 0 Å². The molecule has 1 rings (SSSR count). The number of rotatable bonds is 4. The molecule has 0 bridgehead atoms. The fraction of sp³-hybridized carbons (Fsp3) is 0.615. The third-order valence-corrected chi connectivity index (χ3v) is 3.20. The quantitative estimate of drug-likeness (QED) is 0.684. The number of carbonyl (C=O) groups is 1. The van der Waals surface area contributed by atoms with E-state index in [1.807, 2.05) is 20.8 Å². The van der Waals surface area contributed by atoms with Crippen LogP contribution >= 0.6 is 11.6 Å². The number of anilines is 1. The number of halogens is 2. The van der Waals surface area contributed by atoms with Crippen molar-refractivity contribution >= 4 is 23.4 Å². The van der Waals surface area contributed by atoms with E-state index in [1.165, 1.54) is 7.11 Å². The zero-order valence-electron chi connectivity index (χ0n) is 12.2. The lowest BCUT2D eigenvalue weighted by molar-refractivity contribution is -0.146. The fourth-order valence-electron chi connectivity index (χ4n) is 2.01. The van der Waals surface area contributed by atoms with Gasteiger partial charge in [-0.3, -0.25) is 4.79 Å². The molecule has 0 fully saturated rings. The molecule has 5 nitrogen and oxygen atoms in total. The van der Waals surface area contributed by atoms with Crippen molar-refractivity contribution < 1.29 is 13.9 Å². The minimum atomic E-state index is -0.624. The first kappa shape index (κ1) is 16.6. The molecule has 0 aliphatic rings. The van der Waals surface area contributed by atoms with Crippen LogP contribution in [0.15, 0.2) is 6.20 Å². The molecule has 1 aromatic rings. The molecular weight excluding hydrogens is 285 g/mol. The molecule has 1 aromatic heterocycles. The summed E-state index contributed by atoms with van der Waals surface area (Å²) in [6, 6.07) is -0.379. The first-order chi connectivity index (χ1) is 9.16. The van der Waals surface area contributed by atoms with Gasteiger partial charge >= 0.3 is 5.97 Å². The average molecular weight is 304 g/mol. The number of nitrogens with zero attached hydrogens (tertiary/aromatic N) is 2. The van der Waals surface area contributed by atoms with E-state index in [2.05, 4.69) is 15.3 Å². The van der Waals surface area contributed by atoms with E-state index in [-0.39, 0.29) is 28.5 Å². The van der Waals surface area contributed by atoms with Crippen molar-refractivity contribution in [2.45, 2.75) is 33.7 Å². The van der Waals surface area contributed by atoms with Crippen LogP contribution in [0.5, 0.6) is 0 Å². The summed E-state index contributed by atoms with van der Waals surface area (Å²) in [5.74, 6) is -1.51. The molecule has 0 unspecified atom stereocenters. The normalized spacial score (nSPS) is 14.6. The number of esters is 1. The Labute approximate surface area is 122 Å². The van der Waals surface area contributed by atoms with Gasteiger partial charge in [-0.1, -0.05) is 20.8 Å². The van der Waals surface area contributed by atoms with Crippen LogP contribution in [-0.4, -0.2) is 29.1 Å². The summed E-state index contributed by atoms with van der Waals surface area (Å²) >= 11 is 5.66. The van der Waals surface area contributed by atoms with Crippen LogP contribution < -0.4 is 5.32 Å². The Hall–Kier alpha value is -1.43. The van der Waals surface area contributed by atoms with Gasteiger partial charge in [0.2, 0.25) is 5.28 Å². The highest BCUT2D eigenvalue weighted by atomic mass is 35.5. The lowest BCUT2D eigenvalue weighted by atomic mass is 9.79. The van der Waals surface area contributed by atoms with Crippen molar-refractivity contribution in [3.63, 3.8) is 0 Å². The molecule has 1 N–H and O–H groups in total. The SMILES string of the molecule is COC(=O)[C@H](C)[C@@H](Nc1nc(Cl)ncc1F)C(C)(C)C. The second kappa shape index (κ2) is 6.35. The first-order valence-corrected chi connectivity index (χ1v) is 6.57. The van der Waals surface area contributed by atoms with Gasteiger partial charge in [0, 0.05) is 6.04 Å². The predicted molar refractivity (Wildman–Crippen MR) is 75.0 cm³/mol. The van der Waals surface area contributed by atoms with Gasteiger partial charge in [-0.25, -0.2) is 9.37 Å². The summed E-state index contributed by atoms with van der Waals surface area (Å²) in [4.78, 5) is 19.1. The summed E-state index contributed by atoms with van der Waals surface area (Å²) in [6.45, 7) is 7.52. The second-order valence-electron chi connectivity index (χ2n) is 5.64. The molecule has 0 spiro atoms. The summed E-state index contributed by atoms with van der Waals surface area (Å²) in [6.07, 6.45) is 0.986. The summed E-state index contributed by atoms with van der Waals surface area (Å²) < 4.78 is 18.5. The Morgan fingerprint density at radius 3 is 2.60 bits per heavy atom. The predicted octanol–water partition coefficient (Wildman–Crippen LogP) is 2.90. The molecule has 0 saturated heterocycles. The number of nitrogens with one attached hydrogen (secondary N) is 1. The van der Waals surface area contributed by atoms with Gasteiger partial charge in [0.1, 0.15) is 0 Å². The maximum atomic E-state index is 13.7. The van der Waals surface area contributed by atoms with Crippen LogP contribution in [-0.2, 0) is 9.53 Å². The van der Waals surface area contributed by atoms with Gasteiger partial charge < -0.3 is 10.1 Å². The highest BCUT2D eigenvalue weighted by Gasteiger charge is 2.35. The number of hydrogen-bond acceptors (Lipinski definition) is 5. The van der Waals surface area contributed by atoms with E-state index in [4.69, 9.17) is 16.3 Å². The minimum absolute atomic E-state index is 0.0271. The molecule has 20 heavy (non-hydrogen) atoms. The van der Waals surface area contributed by atoms with Crippen molar-refractivity contribution in [3.8, 4) is 0 Å². The topological polar surface area (TPSA) is 64.1 Å². The number of hydrogen-bond donors (Lipinski definition) is 1. The van der Waals surface area contributed by atoms with Crippen LogP contribution in [0.2, 0.25) is 5.28 Å². The summed E-state index contributed by atoms with van der Waals surface area (Å²) in [7, 11) is 1.32. The van der Waals surface area contributed by atoms with Gasteiger partial charge in [0.05, 0.1) is 19.2 Å². The Morgan fingerprint density at radius 2 is 2.10 bits per heavy atom. The standard InChI is InChI=1S/C13H19ClFN3O2/c1-7(11(19)20-5)9(13(2,3)4)17-10-8(15)6-16-12(14)18-10/h6-7,9H,1-5H3,(H,16,17,18)/t7-,9-/m1/s1. The maximum Gasteiger partial charge on any atom is 0.310 e. The zero-order valence-corrected chi connectivity index (χ0v) is 13.0. The fourth-order valence-corrected chi connectivity index (χ4v) is 2.14. The highest BCUT2D eigenvalue weighted by Crippen LogP contribution is 2.29. The summed E-state index contributed by atoms with van der Waals surface area (Å²) in [5.41, 5.74) is -0.322. The van der Waals surface area contributed by atoms with E-state index < -0.39 is 11.7 Å². The lowest BCUT2D eigenvalue weighted by Crippen LogP contribution is -2.43. The first-order valence-electron chi connectivity index (χ1n) is 6.19.